The Morgan fingerprint density at radius 1 is 0.800 bits per heavy atom. The lowest BCUT2D eigenvalue weighted by molar-refractivity contribution is 0.303. The van der Waals surface area contributed by atoms with Crippen molar-refractivity contribution in [3.8, 4) is 5.75 Å². The van der Waals surface area contributed by atoms with Crippen LogP contribution >= 0.6 is 0 Å². The molecule has 0 heterocycles. The molecule has 3 aromatic rings. The van der Waals surface area contributed by atoms with Crippen LogP contribution < -0.4 is 10.1 Å². The molecule has 0 bridgehead atoms. The summed E-state index contributed by atoms with van der Waals surface area (Å²) in [4.78, 5) is 0. The maximum Gasteiger partial charge on any atom is 0.124 e. The molecule has 25 heavy (non-hydrogen) atoms. The second-order valence-corrected chi connectivity index (χ2v) is 6.48. The summed E-state index contributed by atoms with van der Waals surface area (Å²) >= 11 is 0. The highest BCUT2D eigenvalue weighted by Gasteiger charge is 2.05. The summed E-state index contributed by atoms with van der Waals surface area (Å²) in [5, 5.41) is 3.54. The minimum Gasteiger partial charge on any atom is -0.489 e. The van der Waals surface area contributed by atoms with Gasteiger partial charge in [0.1, 0.15) is 12.4 Å². The van der Waals surface area contributed by atoms with Gasteiger partial charge >= 0.3 is 0 Å². The molecule has 0 aromatic heterocycles. The molecule has 0 saturated heterocycles. The van der Waals surface area contributed by atoms with Crippen LogP contribution in [0.5, 0.6) is 5.75 Å². The molecular formula is C23H25NO. The van der Waals surface area contributed by atoms with Crippen molar-refractivity contribution in [1.82, 2.24) is 0 Å². The van der Waals surface area contributed by atoms with E-state index in [1.54, 1.807) is 0 Å². The van der Waals surface area contributed by atoms with Gasteiger partial charge in [0.15, 0.2) is 0 Å². The Balaban J connectivity index is 1.68. The van der Waals surface area contributed by atoms with Crippen molar-refractivity contribution in [3.05, 3.63) is 94.5 Å². The first-order valence-electron chi connectivity index (χ1n) is 8.70. The zero-order valence-electron chi connectivity index (χ0n) is 15.2. The van der Waals surface area contributed by atoms with Gasteiger partial charge in [-0.05, 0) is 49.6 Å². The first-order chi connectivity index (χ1) is 12.1. The summed E-state index contributed by atoms with van der Waals surface area (Å²) in [5.41, 5.74) is 7.38. The van der Waals surface area contributed by atoms with Crippen molar-refractivity contribution in [3.63, 3.8) is 0 Å². The van der Waals surface area contributed by atoms with Crippen LogP contribution in [-0.4, -0.2) is 0 Å². The average molecular weight is 331 g/mol. The second-order valence-electron chi connectivity index (χ2n) is 6.48. The number of hydrogen-bond donors (Lipinski definition) is 1. The lowest BCUT2D eigenvalue weighted by Gasteiger charge is -2.15. The van der Waals surface area contributed by atoms with E-state index in [0.29, 0.717) is 6.61 Å². The average Bonchev–Trinajstić information content (AvgIpc) is 2.63. The smallest absolute Gasteiger partial charge is 0.124 e. The molecule has 0 atom stereocenters. The highest BCUT2D eigenvalue weighted by atomic mass is 16.5. The van der Waals surface area contributed by atoms with Gasteiger partial charge in [-0.15, -0.1) is 0 Å². The SMILES string of the molecule is Cc1ccc(COc2ccccc2CNc2cccc(C)c2C)cc1. The van der Waals surface area contributed by atoms with Crippen molar-refractivity contribution >= 4 is 5.69 Å². The highest BCUT2D eigenvalue weighted by molar-refractivity contribution is 5.54. The van der Waals surface area contributed by atoms with E-state index in [0.717, 1.165) is 17.9 Å². The molecule has 0 aliphatic carbocycles. The fraction of sp³-hybridized carbons (Fsp3) is 0.217. The molecule has 128 valence electrons. The van der Waals surface area contributed by atoms with E-state index >= 15 is 0 Å². The van der Waals surface area contributed by atoms with E-state index in [1.807, 2.05) is 12.1 Å². The van der Waals surface area contributed by atoms with Gasteiger partial charge in [-0.1, -0.05) is 60.2 Å². The summed E-state index contributed by atoms with van der Waals surface area (Å²) in [6.45, 7) is 7.71. The number of benzene rings is 3. The fourth-order valence-corrected chi connectivity index (χ4v) is 2.77. The molecule has 3 rings (SSSR count). The van der Waals surface area contributed by atoms with E-state index in [9.17, 15) is 0 Å². The second kappa shape index (κ2) is 7.89. The van der Waals surface area contributed by atoms with Crippen LogP contribution in [0.2, 0.25) is 0 Å². The minimum atomic E-state index is 0.584. The van der Waals surface area contributed by atoms with E-state index in [1.165, 1.54) is 27.9 Å². The number of hydrogen-bond acceptors (Lipinski definition) is 2. The molecule has 0 spiro atoms. The van der Waals surface area contributed by atoms with Crippen LogP contribution in [0.25, 0.3) is 0 Å². The first kappa shape index (κ1) is 17.1. The Morgan fingerprint density at radius 3 is 2.36 bits per heavy atom. The minimum absolute atomic E-state index is 0.584. The molecule has 0 unspecified atom stereocenters. The molecule has 0 aliphatic rings. The van der Waals surface area contributed by atoms with Gasteiger partial charge in [0, 0.05) is 17.8 Å². The van der Waals surface area contributed by atoms with Crippen molar-refractivity contribution in [2.24, 2.45) is 0 Å². The van der Waals surface area contributed by atoms with E-state index in [2.05, 4.69) is 80.7 Å². The summed E-state index contributed by atoms with van der Waals surface area (Å²) in [7, 11) is 0. The summed E-state index contributed by atoms with van der Waals surface area (Å²) in [6.07, 6.45) is 0. The Morgan fingerprint density at radius 2 is 1.56 bits per heavy atom. The number of para-hydroxylation sites is 1. The summed E-state index contributed by atoms with van der Waals surface area (Å²) < 4.78 is 6.07. The number of aryl methyl sites for hydroxylation is 2. The van der Waals surface area contributed by atoms with Crippen LogP contribution in [0.1, 0.15) is 27.8 Å². The first-order valence-corrected chi connectivity index (χ1v) is 8.70. The zero-order valence-corrected chi connectivity index (χ0v) is 15.2. The maximum atomic E-state index is 6.07. The molecule has 2 nitrogen and oxygen atoms in total. The van der Waals surface area contributed by atoms with Gasteiger partial charge in [-0.25, -0.2) is 0 Å². The van der Waals surface area contributed by atoms with Crippen molar-refractivity contribution in [2.45, 2.75) is 33.9 Å². The number of anilines is 1. The maximum absolute atomic E-state index is 6.07. The third kappa shape index (κ3) is 4.42. The largest absolute Gasteiger partial charge is 0.489 e. The Hall–Kier alpha value is -2.74. The molecule has 0 aliphatic heterocycles. The van der Waals surface area contributed by atoms with Gasteiger partial charge in [0.25, 0.3) is 0 Å². The number of rotatable bonds is 6. The topological polar surface area (TPSA) is 21.3 Å². The zero-order chi connectivity index (χ0) is 17.6. The third-order valence-corrected chi connectivity index (χ3v) is 4.56. The number of ether oxygens (including phenoxy) is 1. The van der Waals surface area contributed by atoms with Gasteiger partial charge in [-0.3, -0.25) is 0 Å². The van der Waals surface area contributed by atoms with E-state index in [4.69, 9.17) is 4.74 Å². The molecule has 0 radical (unpaired) electrons. The predicted octanol–water partition coefficient (Wildman–Crippen LogP) is 5.80. The highest BCUT2D eigenvalue weighted by Crippen LogP contribution is 2.23. The van der Waals surface area contributed by atoms with Crippen molar-refractivity contribution in [1.29, 1.82) is 0 Å². The Bertz CT molecular complexity index is 837. The summed E-state index contributed by atoms with van der Waals surface area (Å²) in [5.74, 6) is 0.931. The van der Waals surface area contributed by atoms with Crippen LogP contribution in [0, 0.1) is 20.8 Å². The quantitative estimate of drug-likeness (QED) is 0.616. The van der Waals surface area contributed by atoms with E-state index < -0.39 is 0 Å². The van der Waals surface area contributed by atoms with Gasteiger partial charge < -0.3 is 10.1 Å². The molecule has 0 amide bonds. The standard InChI is InChI=1S/C23H25NO/c1-17-11-13-20(14-12-17)16-25-23-10-5-4-8-21(23)15-24-22-9-6-7-18(2)19(22)3/h4-14,24H,15-16H2,1-3H3. The molecular weight excluding hydrogens is 306 g/mol. The molecule has 1 N–H and O–H groups in total. The van der Waals surface area contributed by atoms with Gasteiger partial charge in [0.2, 0.25) is 0 Å². The third-order valence-electron chi connectivity index (χ3n) is 4.56. The summed E-state index contributed by atoms with van der Waals surface area (Å²) in [6, 6.07) is 23.0. The molecule has 2 heteroatoms. The van der Waals surface area contributed by atoms with Gasteiger partial charge in [-0.2, -0.15) is 0 Å². The van der Waals surface area contributed by atoms with Crippen molar-refractivity contribution in [2.75, 3.05) is 5.32 Å². The monoisotopic (exact) mass is 331 g/mol. The van der Waals surface area contributed by atoms with Crippen LogP contribution in [0.3, 0.4) is 0 Å². The fourth-order valence-electron chi connectivity index (χ4n) is 2.77. The van der Waals surface area contributed by atoms with Crippen molar-refractivity contribution < 1.29 is 4.74 Å². The van der Waals surface area contributed by atoms with Gasteiger partial charge in [0.05, 0.1) is 0 Å². The normalized spacial score (nSPS) is 10.5. The Labute approximate surface area is 150 Å². The lowest BCUT2D eigenvalue weighted by Crippen LogP contribution is -2.05. The molecule has 0 fully saturated rings. The number of nitrogens with one attached hydrogen (secondary N) is 1. The predicted molar refractivity (Wildman–Crippen MR) is 105 cm³/mol. The van der Waals surface area contributed by atoms with Crippen LogP contribution in [-0.2, 0) is 13.2 Å². The Kier molecular flexibility index (Phi) is 5.39. The molecule has 3 aromatic carbocycles. The lowest BCUT2D eigenvalue weighted by atomic mass is 10.1. The van der Waals surface area contributed by atoms with E-state index in [-0.39, 0.29) is 0 Å². The molecule has 0 saturated carbocycles. The van der Waals surface area contributed by atoms with Crippen LogP contribution in [0.4, 0.5) is 5.69 Å². The van der Waals surface area contributed by atoms with Crippen LogP contribution in [0.15, 0.2) is 66.7 Å².